The second-order valence-electron chi connectivity index (χ2n) is 9.30. The first-order chi connectivity index (χ1) is 13.7. The predicted molar refractivity (Wildman–Crippen MR) is 111 cm³/mol. The minimum absolute atomic E-state index is 0.143. The number of carbonyl (C=O) groups excluding carboxylic acids is 1. The third kappa shape index (κ3) is 5.81. The van der Waals surface area contributed by atoms with Gasteiger partial charge in [0, 0.05) is 31.8 Å². The van der Waals surface area contributed by atoms with Gasteiger partial charge in [0.25, 0.3) is 0 Å². The van der Waals surface area contributed by atoms with Crippen molar-refractivity contribution in [2.24, 2.45) is 11.3 Å². The Bertz CT molecular complexity index is 742. The van der Waals surface area contributed by atoms with Crippen molar-refractivity contribution in [3.63, 3.8) is 0 Å². The molecule has 3 rings (SSSR count). The lowest BCUT2D eigenvalue weighted by Gasteiger charge is -2.39. The van der Waals surface area contributed by atoms with Crippen molar-refractivity contribution in [3.05, 3.63) is 28.3 Å². The number of unbranched alkanes of at least 4 members (excludes halogenated alkanes) is 1. The molecule has 0 bridgehead atoms. The molecule has 1 N–H and O–H groups in total. The van der Waals surface area contributed by atoms with Crippen LogP contribution in [0.2, 0.25) is 0 Å². The number of nitro groups is 1. The SMILES string of the molecule is CC(C)(C)OC(=O)N1CCC2(CC2)C(CCCCNc2cccc([N+](=O)[O-])n2)C1. The fourth-order valence-electron chi connectivity index (χ4n) is 4.18. The number of hydrogen-bond acceptors (Lipinski definition) is 6. The Morgan fingerprint density at radius 3 is 2.76 bits per heavy atom. The molecule has 0 radical (unpaired) electrons. The summed E-state index contributed by atoms with van der Waals surface area (Å²) in [4.78, 5) is 28.6. The van der Waals surface area contributed by atoms with E-state index in [4.69, 9.17) is 4.74 Å². The van der Waals surface area contributed by atoms with Crippen LogP contribution < -0.4 is 5.32 Å². The van der Waals surface area contributed by atoms with Crippen LogP contribution in [0.15, 0.2) is 18.2 Å². The zero-order valence-electron chi connectivity index (χ0n) is 17.6. The zero-order valence-corrected chi connectivity index (χ0v) is 17.6. The molecule has 1 aromatic heterocycles. The zero-order chi connectivity index (χ0) is 21.1. The normalized spacial score (nSPS) is 20.4. The van der Waals surface area contributed by atoms with Gasteiger partial charge in [-0.1, -0.05) is 6.42 Å². The Morgan fingerprint density at radius 1 is 1.34 bits per heavy atom. The Kier molecular flexibility index (Phi) is 6.29. The molecule has 1 unspecified atom stereocenters. The lowest BCUT2D eigenvalue weighted by atomic mass is 9.79. The topological polar surface area (TPSA) is 97.6 Å². The minimum atomic E-state index is -0.486. The number of rotatable bonds is 7. The molecule has 0 aromatic carbocycles. The maximum Gasteiger partial charge on any atom is 0.410 e. The number of ether oxygens (including phenoxy) is 1. The third-order valence-corrected chi connectivity index (χ3v) is 5.94. The van der Waals surface area contributed by atoms with Crippen molar-refractivity contribution >= 4 is 17.7 Å². The van der Waals surface area contributed by atoms with Crippen molar-refractivity contribution in [3.8, 4) is 0 Å². The molecule has 1 aromatic rings. The molecule has 1 spiro atoms. The number of amides is 1. The lowest BCUT2D eigenvalue weighted by Crippen LogP contribution is -2.46. The number of aromatic nitrogens is 1. The maximum absolute atomic E-state index is 12.4. The predicted octanol–water partition coefficient (Wildman–Crippen LogP) is 4.61. The number of nitrogens with zero attached hydrogens (tertiary/aromatic N) is 3. The minimum Gasteiger partial charge on any atom is -0.444 e. The van der Waals surface area contributed by atoms with Crippen molar-refractivity contribution in [2.45, 2.75) is 64.9 Å². The van der Waals surface area contributed by atoms with Crippen LogP contribution in [0.4, 0.5) is 16.4 Å². The van der Waals surface area contributed by atoms with Gasteiger partial charge in [0.05, 0.1) is 0 Å². The second kappa shape index (κ2) is 8.55. The van der Waals surface area contributed by atoms with Gasteiger partial charge in [0.1, 0.15) is 5.60 Å². The highest BCUT2D eigenvalue weighted by atomic mass is 16.6. The van der Waals surface area contributed by atoms with E-state index in [0.29, 0.717) is 17.2 Å². The number of carbonyl (C=O) groups is 1. The van der Waals surface area contributed by atoms with Gasteiger partial charge in [-0.2, -0.15) is 0 Å². The smallest absolute Gasteiger partial charge is 0.410 e. The third-order valence-electron chi connectivity index (χ3n) is 5.94. The van der Waals surface area contributed by atoms with Gasteiger partial charge in [-0.25, -0.2) is 4.79 Å². The van der Waals surface area contributed by atoms with Crippen LogP contribution in [0.1, 0.15) is 59.3 Å². The largest absolute Gasteiger partial charge is 0.444 e. The molecule has 1 aliphatic heterocycles. The summed E-state index contributed by atoms with van der Waals surface area (Å²) in [6.07, 6.45) is 6.53. The number of piperidine rings is 1. The fraction of sp³-hybridized carbons (Fsp3) is 0.714. The van der Waals surface area contributed by atoms with Crippen molar-refractivity contribution < 1.29 is 14.5 Å². The van der Waals surface area contributed by atoms with Crippen LogP contribution in [-0.4, -0.2) is 46.1 Å². The molecule has 8 nitrogen and oxygen atoms in total. The molecule has 29 heavy (non-hydrogen) atoms. The van der Waals surface area contributed by atoms with Crippen LogP contribution in [0, 0.1) is 21.4 Å². The van der Waals surface area contributed by atoms with Crippen LogP contribution in [0.3, 0.4) is 0 Å². The van der Waals surface area contributed by atoms with Gasteiger partial charge in [-0.3, -0.25) is 0 Å². The molecule has 2 fully saturated rings. The monoisotopic (exact) mass is 404 g/mol. The number of pyridine rings is 1. The Morgan fingerprint density at radius 2 is 2.10 bits per heavy atom. The van der Waals surface area contributed by atoms with Gasteiger partial charge in [-0.05, 0) is 80.2 Å². The van der Waals surface area contributed by atoms with E-state index in [2.05, 4.69) is 10.3 Å². The lowest BCUT2D eigenvalue weighted by molar-refractivity contribution is -0.389. The van der Waals surface area contributed by atoms with Crippen LogP contribution in [0.25, 0.3) is 0 Å². The molecule has 2 aliphatic rings. The number of anilines is 1. The Labute approximate surface area is 172 Å². The second-order valence-corrected chi connectivity index (χ2v) is 9.30. The molecular formula is C21H32N4O4. The molecule has 1 saturated carbocycles. The van der Waals surface area contributed by atoms with Gasteiger partial charge in [-0.15, -0.1) is 0 Å². The Balaban J connectivity index is 1.43. The summed E-state index contributed by atoms with van der Waals surface area (Å²) in [5.41, 5.74) is -0.0267. The highest BCUT2D eigenvalue weighted by Crippen LogP contribution is 2.58. The number of likely N-dealkylation sites (tertiary alicyclic amines) is 1. The van der Waals surface area contributed by atoms with E-state index < -0.39 is 10.5 Å². The molecule has 2 heterocycles. The summed E-state index contributed by atoms with van der Waals surface area (Å²) in [5.74, 6) is 0.918. The standard InChI is InChI=1S/C21H32N4O4/c1-20(2,3)29-19(26)24-14-12-21(10-11-21)16(15-24)7-4-5-13-22-17-8-6-9-18(23-17)25(27)28/h6,8-9,16H,4-5,7,10-15H2,1-3H3,(H,22,23). The molecule has 1 aliphatic carbocycles. The molecule has 8 heteroatoms. The molecule has 160 valence electrons. The van der Waals surface area contributed by atoms with Gasteiger partial charge >= 0.3 is 11.9 Å². The molecule has 1 amide bonds. The van der Waals surface area contributed by atoms with E-state index in [1.54, 1.807) is 12.1 Å². The van der Waals surface area contributed by atoms with E-state index in [1.807, 2.05) is 25.7 Å². The maximum atomic E-state index is 12.4. The van der Waals surface area contributed by atoms with Gasteiger partial charge in [0.2, 0.25) is 5.82 Å². The van der Waals surface area contributed by atoms with Gasteiger partial charge in [0.15, 0.2) is 0 Å². The highest BCUT2D eigenvalue weighted by Gasteiger charge is 2.52. The number of hydrogen-bond donors (Lipinski definition) is 1. The summed E-state index contributed by atoms with van der Waals surface area (Å²) in [5, 5.41) is 14.0. The van der Waals surface area contributed by atoms with E-state index in [-0.39, 0.29) is 11.9 Å². The summed E-state index contributed by atoms with van der Waals surface area (Å²) in [7, 11) is 0. The molecule has 1 atom stereocenters. The molecule has 1 saturated heterocycles. The average molecular weight is 405 g/mol. The van der Waals surface area contributed by atoms with Crippen LogP contribution in [0.5, 0.6) is 0 Å². The first kappa shape index (κ1) is 21.3. The average Bonchev–Trinajstić information content (AvgIpc) is 3.42. The fourth-order valence-corrected chi connectivity index (χ4v) is 4.18. The van der Waals surface area contributed by atoms with Gasteiger partial charge < -0.3 is 25.1 Å². The van der Waals surface area contributed by atoms with E-state index in [0.717, 1.165) is 45.3 Å². The molecular weight excluding hydrogens is 372 g/mol. The van der Waals surface area contributed by atoms with E-state index in [1.165, 1.54) is 18.9 Å². The Hall–Kier alpha value is -2.38. The van der Waals surface area contributed by atoms with E-state index in [9.17, 15) is 14.9 Å². The quantitative estimate of drug-likeness (QED) is 0.405. The summed E-state index contributed by atoms with van der Waals surface area (Å²) < 4.78 is 5.55. The van der Waals surface area contributed by atoms with Crippen LogP contribution in [-0.2, 0) is 4.74 Å². The highest BCUT2D eigenvalue weighted by molar-refractivity contribution is 5.68. The first-order valence-corrected chi connectivity index (χ1v) is 10.5. The summed E-state index contributed by atoms with van der Waals surface area (Å²) in [6.45, 7) is 8.01. The first-order valence-electron chi connectivity index (χ1n) is 10.5. The number of nitrogens with one attached hydrogen (secondary N) is 1. The summed E-state index contributed by atoms with van der Waals surface area (Å²) >= 11 is 0. The van der Waals surface area contributed by atoms with Crippen LogP contribution >= 0.6 is 0 Å². The van der Waals surface area contributed by atoms with E-state index >= 15 is 0 Å². The van der Waals surface area contributed by atoms with Crippen molar-refractivity contribution in [1.82, 2.24) is 9.88 Å². The van der Waals surface area contributed by atoms with Crippen molar-refractivity contribution in [2.75, 3.05) is 25.0 Å². The van der Waals surface area contributed by atoms with Crippen molar-refractivity contribution in [1.29, 1.82) is 0 Å². The summed E-state index contributed by atoms with van der Waals surface area (Å²) in [6, 6.07) is 4.77.